The van der Waals surface area contributed by atoms with Crippen molar-refractivity contribution in [1.29, 1.82) is 0 Å². The summed E-state index contributed by atoms with van der Waals surface area (Å²) >= 11 is 3.37. The summed E-state index contributed by atoms with van der Waals surface area (Å²) in [6, 6.07) is 7.88. The zero-order valence-corrected chi connectivity index (χ0v) is 10.8. The number of halogens is 1. The molecule has 1 aromatic heterocycles. The van der Waals surface area contributed by atoms with Gasteiger partial charge in [0.2, 0.25) is 0 Å². The third-order valence-electron chi connectivity index (χ3n) is 2.58. The Bertz CT molecular complexity index is 546. The number of carboxylic acids is 1. The Morgan fingerprint density at radius 1 is 1.41 bits per heavy atom. The SMILES string of the molecule is Cn1c(C(=O)O)cnc1Cc1ccc(Br)cc1. The van der Waals surface area contributed by atoms with Crippen LogP contribution in [0.4, 0.5) is 0 Å². The number of hydrogen-bond acceptors (Lipinski definition) is 2. The lowest BCUT2D eigenvalue weighted by Crippen LogP contribution is -2.07. The molecule has 1 heterocycles. The molecule has 0 aliphatic rings. The largest absolute Gasteiger partial charge is 0.477 e. The average molecular weight is 295 g/mol. The van der Waals surface area contributed by atoms with E-state index in [-0.39, 0.29) is 5.69 Å². The van der Waals surface area contributed by atoms with Crippen molar-refractivity contribution in [3.8, 4) is 0 Å². The van der Waals surface area contributed by atoms with Gasteiger partial charge in [0.15, 0.2) is 0 Å². The summed E-state index contributed by atoms with van der Waals surface area (Å²) in [5, 5.41) is 8.91. The molecule has 0 unspecified atom stereocenters. The van der Waals surface area contributed by atoms with E-state index in [0.717, 1.165) is 15.9 Å². The Morgan fingerprint density at radius 3 is 2.59 bits per heavy atom. The van der Waals surface area contributed by atoms with Gasteiger partial charge in [0, 0.05) is 17.9 Å². The van der Waals surface area contributed by atoms with Crippen molar-refractivity contribution >= 4 is 21.9 Å². The molecule has 0 saturated carbocycles. The summed E-state index contributed by atoms with van der Waals surface area (Å²) in [5.74, 6) is -0.216. The van der Waals surface area contributed by atoms with E-state index in [9.17, 15) is 4.79 Å². The third kappa shape index (κ3) is 2.55. The van der Waals surface area contributed by atoms with E-state index in [1.165, 1.54) is 6.20 Å². The van der Waals surface area contributed by atoms with Gasteiger partial charge in [-0.2, -0.15) is 0 Å². The monoisotopic (exact) mass is 294 g/mol. The number of rotatable bonds is 3. The number of nitrogens with zero attached hydrogens (tertiary/aromatic N) is 2. The van der Waals surface area contributed by atoms with Gasteiger partial charge in [-0.05, 0) is 17.7 Å². The highest BCUT2D eigenvalue weighted by molar-refractivity contribution is 9.10. The maximum atomic E-state index is 10.9. The molecule has 0 bridgehead atoms. The van der Waals surface area contributed by atoms with Gasteiger partial charge in [0.25, 0.3) is 0 Å². The molecule has 0 spiro atoms. The highest BCUT2D eigenvalue weighted by Gasteiger charge is 2.12. The maximum Gasteiger partial charge on any atom is 0.354 e. The number of imidazole rings is 1. The molecular weight excluding hydrogens is 284 g/mol. The van der Waals surface area contributed by atoms with E-state index in [0.29, 0.717) is 6.42 Å². The van der Waals surface area contributed by atoms with Crippen molar-refractivity contribution in [2.75, 3.05) is 0 Å². The zero-order valence-electron chi connectivity index (χ0n) is 9.22. The molecule has 2 aromatic rings. The highest BCUT2D eigenvalue weighted by atomic mass is 79.9. The first-order valence-electron chi connectivity index (χ1n) is 5.06. The van der Waals surface area contributed by atoms with Crippen LogP contribution in [0.5, 0.6) is 0 Å². The smallest absolute Gasteiger partial charge is 0.354 e. The number of carbonyl (C=O) groups is 1. The first-order chi connectivity index (χ1) is 8.08. The van der Waals surface area contributed by atoms with Crippen LogP contribution in [0.2, 0.25) is 0 Å². The molecule has 0 aliphatic heterocycles. The summed E-state index contributed by atoms with van der Waals surface area (Å²) in [6.07, 6.45) is 2.01. The van der Waals surface area contributed by atoms with Crippen molar-refractivity contribution in [3.05, 3.63) is 52.0 Å². The second-order valence-corrected chi connectivity index (χ2v) is 4.64. The van der Waals surface area contributed by atoms with Crippen LogP contribution in [0.25, 0.3) is 0 Å². The van der Waals surface area contributed by atoms with E-state index >= 15 is 0 Å². The molecule has 0 amide bonds. The fourth-order valence-electron chi connectivity index (χ4n) is 1.60. The Kier molecular flexibility index (Phi) is 3.28. The normalized spacial score (nSPS) is 10.5. The number of hydrogen-bond donors (Lipinski definition) is 1. The van der Waals surface area contributed by atoms with E-state index in [2.05, 4.69) is 20.9 Å². The summed E-state index contributed by atoms with van der Waals surface area (Å²) in [6.45, 7) is 0. The van der Waals surface area contributed by atoms with Crippen LogP contribution in [-0.4, -0.2) is 20.6 Å². The standard InChI is InChI=1S/C12H11BrN2O2/c1-15-10(12(16)17)7-14-11(15)6-8-2-4-9(13)5-3-8/h2-5,7H,6H2,1H3,(H,16,17). The van der Waals surface area contributed by atoms with Crippen molar-refractivity contribution in [2.24, 2.45) is 7.05 Å². The van der Waals surface area contributed by atoms with Gasteiger partial charge >= 0.3 is 5.97 Å². The Hall–Kier alpha value is -1.62. The average Bonchev–Trinajstić information content (AvgIpc) is 2.64. The van der Waals surface area contributed by atoms with Crippen LogP contribution in [0.3, 0.4) is 0 Å². The summed E-state index contributed by atoms with van der Waals surface area (Å²) < 4.78 is 2.62. The van der Waals surface area contributed by atoms with Gasteiger partial charge in [0.05, 0.1) is 6.20 Å². The first kappa shape index (κ1) is 11.9. The number of benzene rings is 1. The van der Waals surface area contributed by atoms with E-state index in [1.54, 1.807) is 11.6 Å². The zero-order chi connectivity index (χ0) is 12.4. The highest BCUT2D eigenvalue weighted by Crippen LogP contribution is 2.14. The Labute approximate surface area is 107 Å². The quantitative estimate of drug-likeness (QED) is 0.946. The summed E-state index contributed by atoms with van der Waals surface area (Å²) in [7, 11) is 1.71. The molecule has 0 saturated heterocycles. The minimum absolute atomic E-state index is 0.206. The number of aromatic nitrogens is 2. The first-order valence-corrected chi connectivity index (χ1v) is 5.85. The van der Waals surface area contributed by atoms with Crippen molar-refractivity contribution in [3.63, 3.8) is 0 Å². The van der Waals surface area contributed by atoms with E-state index in [1.807, 2.05) is 24.3 Å². The molecule has 0 aliphatic carbocycles. The molecule has 0 atom stereocenters. The van der Waals surface area contributed by atoms with Crippen molar-refractivity contribution < 1.29 is 9.90 Å². The molecule has 0 radical (unpaired) electrons. The predicted molar refractivity (Wildman–Crippen MR) is 67.1 cm³/mol. The molecule has 0 fully saturated rings. The van der Waals surface area contributed by atoms with E-state index in [4.69, 9.17) is 5.11 Å². The van der Waals surface area contributed by atoms with Crippen LogP contribution in [0.1, 0.15) is 21.9 Å². The molecule has 17 heavy (non-hydrogen) atoms. The molecule has 1 aromatic carbocycles. The maximum absolute atomic E-state index is 10.9. The van der Waals surface area contributed by atoms with Gasteiger partial charge < -0.3 is 9.67 Å². The van der Waals surface area contributed by atoms with Crippen molar-refractivity contribution in [1.82, 2.24) is 9.55 Å². The number of carboxylic acid groups (broad SMARTS) is 1. The number of aromatic carboxylic acids is 1. The van der Waals surface area contributed by atoms with Gasteiger partial charge in [-0.1, -0.05) is 28.1 Å². The lowest BCUT2D eigenvalue weighted by atomic mass is 10.1. The fraction of sp³-hybridized carbons (Fsp3) is 0.167. The minimum Gasteiger partial charge on any atom is -0.477 e. The summed E-state index contributed by atoms with van der Waals surface area (Å²) in [4.78, 5) is 15.0. The second-order valence-electron chi connectivity index (χ2n) is 3.73. The van der Waals surface area contributed by atoms with Crippen LogP contribution in [0, 0.1) is 0 Å². The lowest BCUT2D eigenvalue weighted by Gasteiger charge is -2.03. The van der Waals surface area contributed by atoms with Crippen LogP contribution < -0.4 is 0 Å². The lowest BCUT2D eigenvalue weighted by molar-refractivity contribution is 0.0686. The molecule has 5 heteroatoms. The van der Waals surface area contributed by atoms with Gasteiger partial charge in [-0.3, -0.25) is 0 Å². The van der Waals surface area contributed by atoms with Gasteiger partial charge in [-0.25, -0.2) is 9.78 Å². The van der Waals surface area contributed by atoms with Gasteiger partial charge in [-0.15, -0.1) is 0 Å². The Balaban J connectivity index is 2.24. The topological polar surface area (TPSA) is 55.1 Å². The van der Waals surface area contributed by atoms with Crippen molar-refractivity contribution in [2.45, 2.75) is 6.42 Å². The third-order valence-corrected chi connectivity index (χ3v) is 3.11. The Morgan fingerprint density at radius 2 is 2.06 bits per heavy atom. The van der Waals surface area contributed by atoms with E-state index < -0.39 is 5.97 Å². The molecule has 4 nitrogen and oxygen atoms in total. The predicted octanol–water partition coefficient (Wildman–Crippen LogP) is 2.47. The van der Waals surface area contributed by atoms with Crippen LogP contribution in [0.15, 0.2) is 34.9 Å². The second kappa shape index (κ2) is 4.71. The molecule has 2 rings (SSSR count). The van der Waals surface area contributed by atoms with Crippen LogP contribution >= 0.6 is 15.9 Å². The summed E-state index contributed by atoms with van der Waals surface area (Å²) in [5.41, 5.74) is 1.30. The fourth-order valence-corrected chi connectivity index (χ4v) is 1.86. The van der Waals surface area contributed by atoms with Crippen LogP contribution in [-0.2, 0) is 13.5 Å². The molecule has 1 N–H and O–H groups in total. The van der Waals surface area contributed by atoms with Gasteiger partial charge in [0.1, 0.15) is 11.5 Å². The molecular formula is C12H11BrN2O2. The minimum atomic E-state index is -0.956. The molecule has 88 valence electrons.